The quantitative estimate of drug-likeness (QED) is 0.367. The SMILES string of the molecule is COC(=O)c1cccc(N=Cc2cc([N+](=O)[O-])cc(Br)c2O)c1C. The van der Waals surface area contributed by atoms with Crippen molar-refractivity contribution >= 4 is 39.5 Å². The molecule has 0 aromatic heterocycles. The van der Waals surface area contributed by atoms with E-state index in [0.29, 0.717) is 16.8 Å². The second kappa shape index (κ2) is 7.22. The van der Waals surface area contributed by atoms with Gasteiger partial charge in [0.2, 0.25) is 0 Å². The first kappa shape index (κ1) is 17.6. The summed E-state index contributed by atoms with van der Waals surface area (Å²) < 4.78 is 4.89. The van der Waals surface area contributed by atoms with Gasteiger partial charge in [-0.05, 0) is 40.5 Å². The lowest BCUT2D eigenvalue weighted by Crippen LogP contribution is -2.03. The van der Waals surface area contributed by atoms with Gasteiger partial charge >= 0.3 is 5.97 Å². The summed E-state index contributed by atoms with van der Waals surface area (Å²) in [5, 5.41) is 20.9. The van der Waals surface area contributed by atoms with Crippen molar-refractivity contribution in [1.82, 2.24) is 0 Å². The Morgan fingerprint density at radius 1 is 1.42 bits per heavy atom. The monoisotopic (exact) mass is 392 g/mol. The van der Waals surface area contributed by atoms with Crippen molar-refractivity contribution in [3.05, 3.63) is 61.6 Å². The van der Waals surface area contributed by atoms with E-state index in [1.807, 2.05) is 0 Å². The Balaban J connectivity index is 2.46. The molecule has 0 aliphatic rings. The molecular formula is C16H13BrN2O5. The van der Waals surface area contributed by atoms with Gasteiger partial charge in [0, 0.05) is 23.9 Å². The Bertz CT molecular complexity index is 849. The zero-order valence-corrected chi connectivity index (χ0v) is 14.4. The normalized spacial score (nSPS) is 10.8. The fraction of sp³-hybridized carbons (Fsp3) is 0.125. The van der Waals surface area contributed by atoms with Crippen LogP contribution in [0.2, 0.25) is 0 Å². The Morgan fingerprint density at radius 2 is 2.12 bits per heavy atom. The average molecular weight is 393 g/mol. The van der Waals surface area contributed by atoms with Crippen molar-refractivity contribution in [3.8, 4) is 5.75 Å². The predicted molar refractivity (Wildman–Crippen MR) is 92.2 cm³/mol. The number of aliphatic imine (C=N–C) groups is 1. The van der Waals surface area contributed by atoms with Crippen LogP contribution in [-0.2, 0) is 4.74 Å². The van der Waals surface area contributed by atoms with E-state index in [4.69, 9.17) is 4.74 Å². The van der Waals surface area contributed by atoms with Crippen LogP contribution >= 0.6 is 15.9 Å². The minimum Gasteiger partial charge on any atom is -0.506 e. The molecule has 0 radical (unpaired) electrons. The number of nitro groups is 1. The third-order valence-corrected chi connectivity index (χ3v) is 3.95. The van der Waals surface area contributed by atoms with Gasteiger partial charge in [0.25, 0.3) is 5.69 Å². The maximum Gasteiger partial charge on any atom is 0.338 e. The Labute approximate surface area is 145 Å². The van der Waals surface area contributed by atoms with Crippen molar-refractivity contribution < 1.29 is 19.6 Å². The number of hydrogen-bond acceptors (Lipinski definition) is 6. The number of methoxy groups -OCH3 is 1. The van der Waals surface area contributed by atoms with E-state index < -0.39 is 10.9 Å². The molecule has 0 heterocycles. The van der Waals surface area contributed by atoms with Crippen LogP contribution < -0.4 is 0 Å². The molecular weight excluding hydrogens is 380 g/mol. The van der Waals surface area contributed by atoms with Crippen LogP contribution in [0, 0.1) is 17.0 Å². The highest BCUT2D eigenvalue weighted by Crippen LogP contribution is 2.32. The molecule has 8 heteroatoms. The smallest absolute Gasteiger partial charge is 0.338 e. The van der Waals surface area contributed by atoms with E-state index in [1.54, 1.807) is 25.1 Å². The van der Waals surface area contributed by atoms with Gasteiger partial charge in [-0.1, -0.05) is 6.07 Å². The lowest BCUT2D eigenvalue weighted by Gasteiger charge is -2.06. The van der Waals surface area contributed by atoms with E-state index in [2.05, 4.69) is 20.9 Å². The van der Waals surface area contributed by atoms with Crippen LogP contribution in [0.5, 0.6) is 5.75 Å². The number of esters is 1. The lowest BCUT2D eigenvalue weighted by atomic mass is 10.1. The van der Waals surface area contributed by atoms with Gasteiger partial charge in [0.1, 0.15) is 5.75 Å². The number of aromatic hydroxyl groups is 1. The molecule has 0 amide bonds. The number of rotatable bonds is 4. The van der Waals surface area contributed by atoms with Crippen molar-refractivity contribution in [2.75, 3.05) is 7.11 Å². The fourth-order valence-corrected chi connectivity index (χ4v) is 2.51. The summed E-state index contributed by atoms with van der Waals surface area (Å²) in [5.41, 5.74) is 1.46. The average Bonchev–Trinajstić information content (AvgIpc) is 2.56. The highest BCUT2D eigenvalue weighted by atomic mass is 79.9. The molecule has 0 unspecified atom stereocenters. The summed E-state index contributed by atoms with van der Waals surface area (Å²) in [7, 11) is 1.29. The van der Waals surface area contributed by atoms with Crippen LogP contribution in [0.1, 0.15) is 21.5 Å². The van der Waals surface area contributed by atoms with Gasteiger partial charge in [-0.2, -0.15) is 0 Å². The fourth-order valence-electron chi connectivity index (χ4n) is 2.04. The Morgan fingerprint density at radius 3 is 2.75 bits per heavy atom. The molecule has 0 aliphatic carbocycles. The highest BCUT2D eigenvalue weighted by Gasteiger charge is 2.14. The largest absolute Gasteiger partial charge is 0.506 e. The van der Waals surface area contributed by atoms with Crippen LogP contribution in [0.25, 0.3) is 0 Å². The molecule has 124 valence electrons. The second-order valence-corrected chi connectivity index (χ2v) is 5.68. The summed E-state index contributed by atoms with van der Waals surface area (Å²) in [6, 6.07) is 7.36. The van der Waals surface area contributed by atoms with Crippen LogP contribution in [-0.4, -0.2) is 29.3 Å². The van der Waals surface area contributed by atoms with Gasteiger partial charge < -0.3 is 9.84 Å². The standard InChI is InChI=1S/C16H13BrN2O5/c1-9-12(16(21)24-2)4-3-5-14(9)18-8-10-6-11(19(22)23)7-13(17)15(10)20/h3-8,20H,1-2H3. The Hall–Kier alpha value is -2.74. The molecule has 0 saturated carbocycles. The first-order valence-corrected chi connectivity index (χ1v) is 7.53. The number of hydrogen-bond donors (Lipinski definition) is 1. The minimum absolute atomic E-state index is 0.161. The van der Waals surface area contributed by atoms with Crippen LogP contribution in [0.4, 0.5) is 11.4 Å². The topological polar surface area (TPSA) is 102 Å². The van der Waals surface area contributed by atoms with Crippen molar-refractivity contribution in [2.24, 2.45) is 4.99 Å². The molecule has 1 N–H and O–H groups in total. The number of ether oxygens (including phenoxy) is 1. The van der Waals surface area contributed by atoms with E-state index in [0.717, 1.165) is 0 Å². The Kier molecular flexibility index (Phi) is 5.30. The molecule has 0 fully saturated rings. The molecule has 0 bridgehead atoms. The zero-order chi connectivity index (χ0) is 17.9. The molecule has 2 aromatic rings. The van der Waals surface area contributed by atoms with Crippen LogP contribution in [0.15, 0.2) is 39.8 Å². The number of phenols is 1. The van der Waals surface area contributed by atoms with Crippen molar-refractivity contribution in [3.63, 3.8) is 0 Å². The molecule has 7 nitrogen and oxygen atoms in total. The third-order valence-electron chi connectivity index (χ3n) is 3.34. The maximum absolute atomic E-state index is 11.7. The third kappa shape index (κ3) is 3.60. The number of benzene rings is 2. The molecule has 2 rings (SSSR count). The number of non-ortho nitro benzene ring substituents is 1. The molecule has 2 aromatic carbocycles. The minimum atomic E-state index is -0.565. The zero-order valence-electron chi connectivity index (χ0n) is 12.8. The number of carbonyl (C=O) groups excluding carboxylic acids is 1. The summed E-state index contributed by atoms with van der Waals surface area (Å²) in [6.45, 7) is 1.71. The van der Waals surface area contributed by atoms with Crippen LogP contribution in [0.3, 0.4) is 0 Å². The van der Waals surface area contributed by atoms with E-state index >= 15 is 0 Å². The molecule has 24 heavy (non-hydrogen) atoms. The lowest BCUT2D eigenvalue weighted by molar-refractivity contribution is -0.385. The van der Waals surface area contributed by atoms with Gasteiger partial charge in [0.15, 0.2) is 0 Å². The summed E-state index contributed by atoms with van der Waals surface area (Å²) >= 11 is 3.07. The highest BCUT2D eigenvalue weighted by molar-refractivity contribution is 9.10. The van der Waals surface area contributed by atoms with Crippen molar-refractivity contribution in [2.45, 2.75) is 6.92 Å². The van der Waals surface area contributed by atoms with E-state index in [9.17, 15) is 20.0 Å². The van der Waals surface area contributed by atoms with E-state index in [-0.39, 0.29) is 21.5 Å². The molecule has 0 atom stereocenters. The number of phenolic OH excluding ortho intramolecular Hbond substituents is 1. The number of carbonyl (C=O) groups is 1. The summed E-state index contributed by atoms with van der Waals surface area (Å²) in [4.78, 5) is 26.2. The van der Waals surface area contributed by atoms with E-state index in [1.165, 1.54) is 25.5 Å². The molecule has 0 aliphatic heterocycles. The van der Waals surface area contributed by atoms with Gasteiger partial charge in [-0.3, -0.25) is 15.1 Å². The second-order valence-electron chi connectivity index (χ2n) is 4.82. The van der Waals surface area contributed by atoms with Crippen molar-refractivity contribution in [1.29, 1.82) is 0 Å². The van der Waals surface area contributed by atoms with Gasteiger partial charge in [-0.15, -0.1) is 0 Å². The molecule has 0 spiro atoms. The summed E-state index contributed by atoms with van der Waals surface area (Å²) in [6.07, 6.45) is 1.30. The number of nitrogens with zero attached hydrogens (tertiary/aromatic N) is 2. The predicted octanol–water partition coefficient (Wildman–Crippen LogP) is 3.91. The first-order chi connectivity index (χ1) is 11.3. The number of nitro benzene ring substituents is 1. The first-order valence-electron chi connectivity index (χ1n) is 6.74. The summed E-state index contributed by atoms with van der Waals surface area (Å²) in [5.74, 6) is -0.642. The number of halogens is 1. The van der Waals surface area contributed by atoms with Gasteiger partial charge in [0.05, 0.1) is 27.8 Å². The molecule has 0 saturated heterocycles. The maximum atomic E-state index is 11.7. The van der Waals surface area contributed by atoms with Gasteiger partial charge in [-0.25, -0.2) is 4.79 Å².